The van der Waals surface area contributed by atoms with Gasteiger partial charge in [-0.3, -0.25) is 4.99 Å². The van der Waals surface area contributed by atoms with Crippen LogP contribution in [0.2, 0.25) is 0 Å². The second kappa shape index (κ2) is 10.9. The Bertz CT molecular complexity index is 334. The summed E-state index contributed by atoms with van der Waals surface area (Å²) in [5.74, 6) is 2.33. The largest absolute Gasteiger partial charge is 0.356 e. The van der Waals surface area contributed by atoms with Gasteiger partial charge in [0, 0.05) is 52.4 Å². The number of nitrogens with zero attached hydrogens (tertiary/aromatic N) is 3. The van der Waals surface area contributed by atoms with Crippen molar-refractivity contribution in [2.24, 2.45) is 16.8 Å². The van der Waals surface area contributed by atoms with Crippen LogP contribution in [0.1, 0.15) is 40.5 Å². The molecular formula is C18H39N5. The van der Waals surface area contributed by atoms with Crippen molar-refractivity contribution in [1.82, 2.24) is 20.4 Å². The summed E-state index contributed by atoms with van der Waals surface area (Å²) in [6.45, 7) is 16.0. The zero-order chi connectivity index (χ0) is 17.2. The average molecular weight is 326 g/mol. The van der Waals surface area contributed by atoms with Crippen LogP contribution in [0.15, 0.2) is 4.99 Å². The van der Waals surface area contributed by atoms with Gasteiger partial charge in [0.15, 0.2) is 5.96 Å². The van der Waals surface area contributed by atoms with E-state index in [1.807, 2.05) is 7.05 Å². The predicted octanol–water partition coefficient (Wildman–Crippen LogP) is 1.86. The molecule has 136 valence electrons. The molecule has 23 heavy (non-hydrogen) atoms. The van der Waals surface area contributed by atoms with E-state index >= 15 is 0 Å². The van der Waals surface area contributed by atoms with Gasteiger partial charge in [-0.25, -0.2) is 0 Å². The second-order valence-electron chi connectivity index (χ2n) is 7.68. The summed E-state index contributed by atoms with van der Waals surface area (Å²) in [6, 6.07) is 0.469. The normalized spacial score (nSPS) is 20.6. The van der Waals surface area contributed by atoms with Gasteiger partial charge in [0.05, 0.1) is 0 Å². The van der Waals surface area contributed by atoms with Crippen molar-refractivity contribution in [2.45, 2.75) is 46.6 Å². The topological polar surface area (TPSA) is 42.9 Å². The maximum Gasteiger partial charge on any atom is 0.191 e. The van der Waals surface area contributed by atoms with E-state index in [4.69, 9.17) is 0 Å². The first-order valence-electron chi connectivity index (χ1n) is 9.28. The highest BCUT2D eigenvalue weighted by molar-refractivity contribution is 5.79. The maximum atomic E-state index is 4.36. The zero-order valence-corrected chi connectivity index (χ0v) is 16.2. The van der Waals surface area contributed by atoms with Crippen LogP contribution in [0.5, 0.6) is 0 Å². The molecule has 0 aromatic carbocycles. The van der Waals surface area contributed by atoms with Gasteiger partial charge < -0.3 is 20.4 Å². The fraction of sp³-hybridized carbons (Fsp3) is 0.944. The van der Waals surface area contributed by atoms with Crippen LogP contribution >= 0.6 is 0 Å². The lowest BCUT2D eigenvalue weighted by Crippen LogP contribution is -2.48. The van der Waals surface area contributed by atoms with Gasteiger partial charge in [0.25, 0.3) is 0 Å². The Labute approximate surface area is 143 Å². The SMILES string of the molecule is CN=C(NCC(C)CN1CCN(C)CC1)NC(C)CCC(C)C. The first kappa shape index (κ1) is 20.2. The summed E-state index contributed by atoms with van der Waals surface area (Å²) in [7, 11) is 4.06. The third-order valence-electron chi connectivity index (χ3n) is 4.57. The molecule has 1 heterocycles. The molecule has 2 atom stereocenters. The molecule has 0 radical (unpaired) electrons. The predicted molar refractivity (Wildman–Crippen MR) is 101 cm³/mol. The second-order valence-corrected chi connectivity index (χ2v) is 7.68. The minimum Gasteiger partial charge on any atom is -0.356 e. The van der Waals surface area contributed by atoms with Crippen molar-refractivity contribution in [3.05, 3.63) is 0 Å². The van der Waals surface area contributed by atoms with Crippen molar-refractivity contribution < 1.29 is 0 Å². The van der Waals surface area contributed by atoms with Gasteiger partial charge in [0.1, 0.15) is 0 Å². The average Bonchev–Trinajstić information content (AvgIpc) is 2.51. The van der Waals surface area contributed by atoms with Crippen LogP contribution in [0, 0.1) is 11.8 Å². The molecule has 1 rings (SSSR count). The Balaban J connectivity index is 2.22. The molecule has 1 aliphatic rings. The van der Waals surface area contributed by atoms with E-state index in [0.29, 0.717) is 12.0 Å². The van der Waals surface area contributed by atoms with E-state index in [-0.39, 0.29) is 0 Å². The molecule has 1 saturated heterocycles. The van der Waals surface area contributed by atoms with Gasteiger partial charge >= 0.3 is 0 Å². The summed E-state index contributed by atoms with van der Waals surface area (Å²) < 4.78 is 0. The maximum absolute atomic E-state index is 4.36. The highest BCUT2D eigenvalue weighted by atomic mass is 15.2. The highest BCUT2D eigenvalue weighted by Gasteiger charge is 2.16. The number of guanidine groups is 1. The molecule has 0 aromatic heterocycles. The molecule has 0 saturated carbocycles. The van der Waals surface area contributed by atoms with Crippen molar-refractivity contribution in [3.63, 3.8) is 0 Å². The Morgan fingerprint density at radius 2 is 1.70 bits per heavy atom. The molecule has 5 heteroatoms. The Morgan fingerprint density at radius 3 is 2.26 bits per heavy atom. The molecule has 2 N–H and O–H groups in total. The van der Waals surface area contributed by atoms with Crippen molar-refractivity contribution in [3.8, 4) is 0 Å². The summed E-state index contributed by atoms with van der Waals surface area (Å²) >= 11 is 0. The van der Waals surface area contributed by atoms with Crippen LogP contribution < -0.4 is 10.6 Å². The van der Waals surface area contributed by atoms with E-state index in [9.17, 15) is 0 Å². The third-order valence-corrected chi connectivity index (χ3v) is 4.57. The molecule has 0 spiro atoms. The number of rotatable bonds is 8. The van der Waals surface area contributed by atoms with Gasteiger partial charge in [-0.05, 0) is 38.6 Å². The van der Waals surface area contributed by atoms with Crippen LogP contribution in [0.3, 0.4) is 0 Å². The third kappa shape index (κ3) is 9.16. The Hall–Kier alpha value is -0.810. The molecule has 0 aliphatic carbocycles. The van der Waals surface area contributed by atoms with Crippen LogP contribution in [-0.4, -0.2) is 75.2 Å². The number of likely N-dealkylation sites (N-methyl/N-ethyl adjacent to an activating group) is 1. The number of hydrogen-bond acceptors (Lipinski definition) is 3. The van der Waals surface area contributed by atoms with Gasteiger partial charge in [-0.2, -0.15) is 0 Å². The first-order chi connectivity index (χ1) is 10.9. The lowest BCUT2D eigenvalue weighted by molar-refractivity contribution is 0.139. The Morgan fingerprint density at radius 1 is 1.04 bits per heavy atom. The van der Waals surface area contributed by atoms with Crippen LogP contribution in [0.4, 0.5) is 0 Å². The highest BCUT2D eigenvalue weighted by Crippen LogP contribution is 2.06. The van der Waals surface area contributed by atoms with Gasteiger partial charge in [-0.15, -0.1) is 0 Å². The fourth-order valence-corrected chi connectivity index (χ4v) is 2.89. The van der Waals surface area contributed by atoms with E-state index < -0.39 is 0 Å². The number of nitrogens with one attached hydrogen (secondary N) is 2. The number of piperazine rings is 1. The minimum atomic E-state index is 0.469. The molecule has 1 fully saturated rings. The lowest BCUT2D eigenvalue weighted by atomic mass is 10.0. The molecule has 5 nitrogen and oxygen atoms in total. The van der Waals surface area contributed by atoms with Gasteiger partial charge in [-0.1, -0.05) is 20.8 Å². The number of aliphatic imine (C=N–C) groups is 1. The van der Waals surface area contributed by atoms with E-state index in [2.05, 4.69) is 60.2 Å². The molecule has 0 aromatic rings. The fourth-order valence-electron chi connectivity index (χ4n) is 2.89. The van der Waals surface area contributed by atoms with Crippen molar-refractivity contribution >= 4 is 5.96 Å². The standard InChI is InChI=1S/C18H39N5/c1-15(2)7-8-17(4)21-18(19-5)20-13-16(3)14-23-11-9-22(6)10-12-23/h15-17H,7-14H2,1-6H3,(H2,19,20,21). The molecule has 0 bridgehead atoms. The Kier molecular flexibility index (Phi) is 9.56. The molecule has 2 unspecified atom stereocenters. The van der Waals surface area contributed by atoms with E-state index in [1.165, 1.54) is 45.6 Å². The molecular weight excluding hydrogens is 286 g/mol. The quantitative estimate of drug-likeness (QED) is 0.528. The molecule has 0 amide bonds. The molecule has 1 aliphatic heterocycles. The van der Waals surface area contributed by atoms with E-state index in [0.717, 1.165) is 18.4 Å². The van der Waals surface area contributed by atoms with E-state index in [1.54, 1.807) is 0 Å². The van der Waals surface area contributed by atoms with Gasteiger partial charge in [0.2, 0.25) is 0 Å². The minimum absolute atomic E-state index is 0.469. The zero-order valence-electron chi connectivity index (χ0n) is 16.2. The van der Waals surface area contributed by atoms with Crippen molar-refractivity contribution in [2.75, 3.05) is 53.4 Å². The van der Waals surface area contributed by atoms with Crippen LogP contribution in [-0.2, 0) is 0 Å². The summed E-state index contributed by atoms with van der Waals surface area (Å²) in [6.07, 6.45) is 2.44. The summed E-state index contributed by atoms with van der Waals surface area (Å²) in [4.78, 5) is 9.34. The summed E-state index contributed by atoms with van der Waals surface area (Å²) in [5, 5.41) is 6.99. The summed E-state index contributed by atoms with van der Waals surface area (Å²) in [5.41, 5.74) is 0. The van der Waals surface area contributed by atoms with Crippen molar-refractivity contribution in [1.29, 1.82) is 0 Å². The van der Waals surface area contributed by atoms with Crippen LogP contribution in [0.25, 0.3) is 0 Å². The number of hydrogen-bond donors (Lipinski definition) is 2. The smallest absolute Gasteiger partial charge is 0.191 e. The lowest BCUT2D eigenvalue weighted by Gasteiger charge is -2.34. The first-order valence-corrected chi connectivity index (χ1v) is 9.28. The monoisotopic (exact) mass is 325 g/mol.